The molecule has 1 aromatic carbocycles. The van der Waals surface area contributed by atoms with Gasteiger partial charge in [0.15, 0.2) is 5.96 Å². The largest absolute Gasteiger partial charge is 0.496 e. The van der Waals surface area contributed by atoms with Crippen molar-refractivity contribution in [1.82, 2.24) is 15.6 Å². The molecule has 138 valence electrons. The van der Waals surface area contributed by atoms with Crippen LogP contribution in [0.4, 0.5) is 5.69 Å². The Morgan fingerprint density at radius 3 is 2.81 bits per heavy atom. The quantitative estimate of drug-likeness (QED) is 0.520. The minimum Gasteiger partial charge on any atom is -0.496 e. The van der Waals surface area contributed by atoms with Crippen molar-refractivity contribution < 1.29 is 9.53 Å². The highest BCUT2D eigenvalue weighted by Crippen LogP contribution is 2.19. The molecule has 0 saturated heterocycles. The molecule has 0 aliphatic heterocycles. The molecule has 1 aromatic heterocycles. The van der Waals surface area contributed by atoms with Crippen molar-refractivity contribution >= 4 is 17.6 Å². The molecule has 0 saturated carbocycles. The van der Waals surface area contributed by atoms with E-state index in [-0.39, 0.29) is 12.5 Å². The van der Waals surface area contributed by atoms with Crippen molar-refractivity contribution in [1.29, 1.82) is 0 Å². The number of hydrogen-bond donors (Lipinski definition) is 3. The maximum absolute atomic E-state index is 11.9. The van der Waals surface area contributed by atoms with Crippen LogP contribution in [0.5, 0.6) is 5.75 Å². The van der Waals surface area contributed by atoms with Gasteiger partial charge in [-0.2, -0.15) is 0 Å². The number of methoxy groups -OCH3 is 1. The van der Waals surface area contributed by atoms with Gasteiger partial charge in [0, 0.05) is 19.8 Å². The van der Waals surface area contributed by atoms with E-state index in [9.17, 15) is 4.79 Å². The maximum Gasteiger partial charge on any atom is 0.243 e. The van der Waals surface area contributed by atoms with Gasteiger partial charge < -0.3 is 20.7 Å². The molecule has 3 N–H and O–H groups in total. The van der Waals surface area contributed by atoms with Gasteiger partial charge in [-0.25, -0.2) is 0 Å². The highest BCUT2D eigenvalue weighted by Gasteiger charge is 2.06. The fraction of sp³-hybridized carbons (Fsp3) is 0.316. The van der Waals surface area contributed by atoms with Gasteiger partial charge >= 0.3 is 0 Å². The van der Waals surface area contributed by atoms with E-state index in [4.69, 9.17) is 4.74 Å². The molecule has 0 bridgehead atoms. The molecule has 2 aromatic rings. The average molecular weight is 355 g/mol. The molecule has 26 heavy (non-hydrogen) atoms. The van der Waals surface area contributed by atoms with Crippen molar-refractivity contribution in [3.05, 3.63) is 53.9 Å². The standard InChI is InChI=1S/C19H25N5O2/c1-14-6-7-17(26-3)15(11-14)8-10-22-19(20-2)23-13-18(25)24-16-5-4-9-21-12-16/h4-7,9,11-12H,8,10,13H2,1-3H3,(H,24,25)(H2,20,22,23). The summed E-state index contributed by atoms with van der Waals surface area (Å²) < 4.78 is 5.39. The summed E-state index contributed by atoms with van der Waals surface area (Å²) in [6, 6.07) is 9.66. The Kier molecular flexibility index (Phi) is 7.42. The lowest BCUT2D eigenvalue weighted by Gasteiger charge is -2.13. The van der Waals surface area contributed by atoms with E-state index in [1.165, 1.54) is 5.56 Å². The lowest BCUT2D eigenvalue weighted by molar-refractivity contribution is -0.115. The number of ether oxygens (including phenoxy) is 1. The Morgan fingerprint density at radius 1 is 1.27 bits per heavy atom. The van der Waals surface area contributed by atoms with E-state index in [2.05, 4.69) is 38.9 Å². The van der Waals surface area contributed by atoms with Gasteiger partial charge in [0.25, 0.3) is 0 Å². The number of carbonyl (C=O) groups is 1. The van der Waals surface area contributed by atoms with Crippen molar-refractivity contribution in [2.75, 3.05) is 32.6 Å². The highest BCUT2D eigenvalue weighted by atomic mass is 16.5. The smallest absolute Gasteiger partial charge is 0.243 e. The zero-order chi connectivity index (χ0) is 18.8. The first-order valence-corrected chi connectivity index (χ1v) is 8.40. The van der Waals surface area contributed by atoms with Crippen LogP contribution >= 0.6 is 0 Å². The van der Waals surface area contributed by atoms with Crippen LogP contribution in [0.25, 0.3) is 0 Å². The summed E-state index contributed by atoms with van der Waals surface area (Å²) >= 11 is 0. The predicted molar refractivity (Wildman–Crippen MR) is 104 cm³/mol. The van der Waals surface area contributed by atoms with Crippen LogP contribution in [0.2, 0.25) is 0 Å². The van der Waals surface area contributed by atoms with Crippen molar-refractivity contribution in [2.45, 2.75) is 13.3 Å². The molecule has 0 fully saturated rings. The van der Waals surface area contributed by atoms with Crippen LogP contribution in [-0.2, 0) is 11.2 Å². The zero-order valence-electron chi connectivity index (χ0n) is 15.4. The molecule has 7 nitrogen and oxygen atoms in total. The van der Waals surface area contributed by atoms with Crippen LogP contribution in [0.1, 0.15) is 11.1 Å². The fourth-order valence-corrected chi connectivity index (χ4v) is 2.44. The number of nitrogens with zero attached hydrogens (tertiary/aromatic N) is 2. The third kappa shape index (κ3) is 6.08. The van der Waals surface area contributed by atoms with Gasteiger partial charge in [0.1, 0.15) is 5.75 Å². The molecule has 1 heterocycles. The molecule has 1 amide bonds. The first kappa shape index (κ1) is 19.2. The molecule has 0 aliphatic carbocycles. The van der Waals surface area contributed by atoms with Crippen LogP contribution in [0, 0.1) is 6.92 Å². The van der Waals surface area contributed by atoms with E-state index in [1.54, 1.807) is 38.7 Å². The minimum absolute atomic E-state index is 0.113. The topological polar surface area (TPSA) is 87.6 Å². The molecule has 0 unspecified atom stereocenters. The van der Waals surface area contributed by atoms with Crippen molar-refractivity contribution in [3.8, 4) is 5.75 Å². The fourth-order valence-electron chi connectivity index (χ4n) is 2.44. The monoisotopic (exact) mass is 355 g/mol. The van der Waals surface area contributed by atoms with Crippen LogP contribution in [0.3, 0.4) is 0 Å². The Bertz CT molecular complexity index is 747. The first-order valence-electron chi connectivity index (χ1n) is 8.40. The van der Waals surface area contributed by atoms with Gasteiger partial charge in [0.2, 0.25) is 5.91 Å². The molecule has 0 atom stereocenters. The Morgan fingerprint density at radius 2 is 2.12 bits per heavy atom. The number of aryl methyl sites for hydroxylation is 1. The number of benzene rings is 1. The van der Waals surface area contributed by atoms with Gasteiger partial charge in [-0.1, -0.05) is 17.7 Å². The number of pyridine rings is 1. The maximum atomic E-state index is 11.9. The van der Waals surface area contributed by atoms with E-state index in [0.717, 1.165) is 17.7 Å². The average Bonchev–Trinajstić information content (AvgIpc) is 2.65. The van der Waals surface area contributed by atoms with E-state index < -0.39 is 0 Å². The van der Waals surface area contributed by atoms with Gasteiger partial charge in [0.05, 0.1) is 25.5 Å². The summed E-state index contributed by atoms with van der Waals surface area (Å²) in [7, 11) is 3.34. The number of carbonyl (C=O) groups excluding carboxylic acids is 1. The number of hydrogen-bond acceptors (Lipinski definition) is 4. The molecule has 0 radical (unpaired) electrons. The van der Waals surface area contributed by atoms with Crippen molar-refractivity contribution in [3.63, 3.8) is 0 Å². The number of rotatable bonds is 7. The van der Waals surface area contributed by atoms with Crippen LogP contribution in [-0.4, -0.2) is 44.1 Å². The SMILES string of the molecule is CN=C(NCCc1cc(C)ccc1OC)NCC(=O)Nc1cccnc1. The molecular formula is C19H25N5O2. The lowest BCUT2D eigenvalue weighted by atomic mass is 10.1. The molecular weight excluding hydrogens is 330 g/mol. The number of nitrogens with one attached hydrogen (secondary N) is 3. The summed E-state index contributed by atoms with van der Waals surface area (Å²) in [4.78, 5) is 20.0. The summed E-state index contributed by atoms with van der Waals surface area (Å²) in [6.45, 7) is 2.84. The van der Waals surface area contributed by atoms with Crippen LogP contribution < -0.4 is 20.7 Å². The highest BCUT2D eigenvalue weighted by molar-refractivity contribution is 5.94. The van der Waals surface area contributed by atoms with E-state index >= 15 is 0 Å². The number of guanidine groups is 1. The first-order chi connectivity index (χ1) is 12.6. The Hall–Kier alpha value is -3.09. The number of aliphatic imine (C=N–C) groups is 1. The summed E-state index contributed by atoms with van der Waals surface area (Å²) in [6.07, 6.45) is 4.04. The predicted octanol–water partition coefficient (Wildman–Crippen LogP) is 1.74. The third-order valence-electron chi connectivity index (χ3n) is 3.71. The number of aromatic nitrogens is 1. The lowest BCUT2D eigenvalue weighted by Crippen LogP contribution is -2.42. The molecule has 2 rings (SSSR count). The van der Waals surface area contributed by atoms with Gasteiger partial charge in [-0.3, -0.25) is 14.8 Å². The summed E-state index contributed by atoms with van der Waals surface area (Å²) in [5, 5.41) is 8.95. The second-order valence-corrected chi connectivity index (χ2v) is 5.71. The Balaban J connectivity index is 1.77. The van der Waals surface area contributed by atoms with E-state index in [0.29, 0.717) is 18.2 Å². The third-order valence-corrected chi connectivity index (χ3v) is 3.71. The minimum atomic E-state index is -0.165. The zero-order valence-corrected chi connectivity index (χ0v) is 15.4. The van der Waals surface area contributed by atoms with Crippen LogP contribution in [0.15, 0.2) is 47.7 Å². The molecule has 0 aliphatic rings. The number of amides is 1. The van der Waals surface area contributed by atoms with Crippen molar-refractivity contribution in [2.24, 2.45) is 4.99 Å². The second kappa shape index (κ2) is 10.0. The summed E-state index contributed by atoms with van der Waals surface area (Å²) in [5.74, 6) is 1.27. The van der Waals surface area contributed by atoms with E-state index in [1.807, 2.05) is 12.1 Å². The molecule has 7 heteroatoms. The Labute approximate surface area is 153 Å². The van der Waals surface area contributed by atoms with Gasteiger partial charge in [-0.05, 0) is 37.1 Å². The normalized spacial score (nSPS) is 11.0. The molecule has 0 spiro atoms. The van der Waals surface area contributed by atoms with Gasteiger partial charge in [-0.15, -0.1) is 0 Å². The summed E-state index contributed by atoms with van der Waals surface area (Å²) in [5.41, 5.74) is 2.98. The second-order valence-electron chi connectivity index (χ2n) is 5.71. The number of anilines is 1.